The van der Waals surface area contributed by atoms with Gasteiger partial charge < -0.3 is 4.90 Å². The topological polar surface area (TPSA) is 3.24 Å². The van der Waals surface area contributed by atoms with Crippen molar-refractivity contribution in [3.8, 4) is 22.3 Å². The Morgan fingerprint density at radius 1 is 0.606 bits per heavy atom. The smallest absolute Gasteiger partial charge is 0.0487 e. The molecule has 0 amide bonds. The van der Waals surface area contributed by atoms with E-state index in [0.29, 0.717) is 0 Å². The fourth-order valence-corrected chi connectivity index (χ4v) is 5.56. The van der Waals surface area contributed by atoms with E-state index < -0.39 is 0 Å². The predicted molar refractivity (Wildman–Crippen MR) is 141 cm³/mol. The van der Waals surface area contributed by atoms with E-state index in [2.05, 4.69) is 135 Å². The zero-order chi connectivity index (χ0) is 22.6. The fraction of sp³-hybridized carbons (Fsp3) is 0.125. The van der Waals surface area contributed by atoms with E-state index in [-0.39, 0.29) is 5.41 Å². The van der Waals surface area contributed by atoms with Gasteiger partial charge in [-0.25, -0.2) is 0 Å². The second-order valence-corrected chi connectivity index (χ2v) is 9.51. The molecule has 5 aromatic carbocycles. The van der Waals surface area contributed by atoms with E-state index in [1.165, 1.54) is 55.5 Å². The molecule has 1 aliphatic carbocycles. The number of para-hydroxylation sites is 1. The summed E-state index contributed by atoms with van der Waals surface area (Å²) in [5.41, 5.74) is 10.4. The molecule has 0 unspecified atom stereocenters. The van der Waals surface area contributed by atoms with Crippen molar-refractivity contribution < 1.29 is 0 Å². The molecule has 160 valence electrons. The van der Waals surface area contributed by atoms with Crippen LogP contribution in [0.5, 0.6) is 0 Å². The van der Waals surface area contributed by atoms with Crippen LogP contribution in [0, 0.1) is 0 Å². The first-order chi connectivity index (χ1) is 16.1. The second-order valence-electron chi connectivity index (χ2n) is 9.51. The van der Waals surface area contributed by atoms with Gasteiger partial charge in [0.2, 0.25) is 0 Å². The van der Waals surface area contributed by atoms with Crippen molar-refractivity contribution in [3.05, 3.63) is 120 Å². The van der Waals surface area contributed by atoms with Gasteiger partial charge in [-0.1, -0.05) is 105 Å². The highest BCUT2D eigenvalue weighted by atomic mass is 15.1. The van der Waals surface area contributed by atoms with Crippen molar-refractivity contribution >= 4 is 22.1 Å². The van der Waals surface area contributed by atoms with E-state index in [0.717, 1.165) is 0 Å². The molecule has 1 aliphatic rings. The molecule has 1 heteroatoms. The van der Waals surface area contributed by atoms with Crippen molar-refractivity contribution in [2.75, 3.05) is 11.9 Å². The molecule has 5 aromatic rings. The van der Waals surface area contributed by atoms with Gasteiger partial charge in [-0.3, -0.25) is 0 Å². The molecule has 6 rings (SSSR count). The predicted octanol–water partition coefficient (Wildman–Crippen LogP) is 8.58. The molecule has 0 aromatic heterocycles. The van der Waals surface area contributed by atoms with Crippen LogP contribution >= 0.6 is 0 Å². The number of fused-ring (bicyclic) bond motifs is 5. The summed E-state index contributed by atoms with van der Waals surface area (Å²) in [6, 6.07) is 39.6. The number of benzene rings is 5. The number of nitrogens with zero attached hydrogens (tertiary/aromatic N) is 1. The number of anilines is 2. The van der Waals surface area contributed by atoms with Crippen LogP contribution in [0.4, 0.5) is 11.4 Å². The molecule has 1 nitrogen and oxygen atoms in total. The summed E-state index contributed by atoms with van der Waals surface area (Å²) in [4.78, 5) is 2.32. The molecule has 0 heterocycles. The first kappa shape index (κ1) is 19.8. The molecular formula is C32H27N. The summed E-state index contributed by atoms with van der Waals surface area (Å²) in [5.74, 6) is 0. The number of hydrogen-bond donors (Lipinski definition) is 0. The van der Waals surface area contributed by atoms with Gasteiger partial charge in [-0.05, 0) is 56.8 Å². The first-order valence-corrected chi connectivity index (χ1v) is 11.6. The Bertz CT molecular complexity index is 1490. The third-order valence-electron chi connectivity index (χ3n) is 7.26. The molecule has 0 bridgehead atoms. The maximum absolute atomic E-state index is 2.39. The number of rotatable bonds is 3. The van der Waals surface area contributed by atoms with E-state index in [4.69, 9.17) is 0 Å². The monoisotopic (exact) mass is 425 g/mol. The highest BCUT2D eigenvalue weighted by molar-refractivity contribution is 5.98. The van der Waals surface area contributed by atoms with Gasteiger partial charge in [0.05, 0.1) is 0 Å². The molecule has 0 radical (unpaired) electrons. The minimum absolute atomic E-state index is 0.0542. The molecule has 0 atom stereocenters. The molecule has 0 spiro atoms. The van der Waals surface area contributed by atoms with Crippen LogP contribution in [-0.2, 0) is 5.41 Å². The maximum Gasteiger partial charge on any atom is 0.0487 e. The lowest BCUT2D eigenvalue weighted by atomic mass is 9.80. The van der Waals surface area contributed by atoms with E-state index >= 15 is 0 Å². The van der Waals surface area contributed by atoms with Crippen LogP contribution < -0.4 is 4.90 Å². The lowest BCUT2D eigenvalue weighted by Gasteiger charge is -2.27. The number of hydrogen-bond acceptors (Lipinski definition) is 1. The highest BCUT2D eigenvalue weighted by Crippen LogP contribution is 2.52. The summed E-state index contributed by atoms with van der Waals surface area (Å²) < 4.78 is 0. The average Bonchev–Trinajstić information content (AvgIpc) is 3.10. The molecule has 0 fully saturated rings. The van der Waals surface area contributed by atoms with Gasteiger partial charge in [-0.15, -0.1) is 0 Å². The van der Waals surface area contributed by atoms with Crippen molar-refractivity contribution in [2.45, 2.75) is 19.3 Å². The molecule has 0 saturated heterocycles. The zero-order valence-electron chi connectivity index (χ0n) is 19.3. The standard InChI is InChI=1S/C32H27N/c1-32(2)29-21-24(33(3)30-16-10-9-14-25(30)22-11-5-4-6-12-22)18-20-27(29)28-19-17-23-13-7-8-15-26(23)31(28)32/h4-21H,1-3H3. The van der Waals surface area contributed by atoms with Gasteiger partial charge in [0, 0.05) is 29.4 Å². The van der Waals surface area contributed by atoms with Gasteiger partial charge >= 0.3 is 0 Å². The largest absolute Gasteiger partial charge is 0.344 e. The average molecular weight is 426 g/mol. The fourth-order valence-electron chi connectivity index (χ4n) is 5.56. The Hall–Kier alpha value is -3.84. The van der Waals surface area contributed by atoms with E-state index in [1.54, 1.807) is 0 Å². The molecule has 0 aliphatic heterocycles. The summed E-state index contributed by atoms with van der Waals surface area (Å²) >= 11 is 0. The Morgan fingerprint density at radius 2 is 1.30 bits per heavy atom. The van der Waals surface area contributed by atoms with Crippen LogP contribution in [0.25, 0.3) is 33.0 Å². The summed E-state index contributed by atoms with van der Waals surface area (Å²) in [6.45, 7) is 4.73. The van der Waals surface area contributed by atoms with Crippen LogP contribution in [0.15, 0.2) is 109 Å². The van der Waals surface area contributed by atoms with Crippen molar-refractivity contribution in [1.82, 2.24) is 0 Å². The SMILES string of the molecule is CN(c1ccc2c(c1)C(C)(C)c1c-2ccc2ccccc12)c1ccccc1-c1ccccc1. The zero-order valence-corrected chi connectivity index (χ0v) is 19.3. The maximum atomic E-state index is 2.39. The second kappa shape index (κ2) is 7.35. The van der Waals surface area contributed by atoms with Crippen molar-refractivity contribution in [2.24, 2.45) is 0 Å². The van der Waals surface area contributed by atoms with E-state index in [9.17, 15) is 0 Å². The van der Waals surface area contributed by atoms with Gasteiger partial charge in [-0.2, -0.15) is 0 Å². The third kappa shape index (κ3) is 3.00. The van der Waals surface area contributed by atoms with E-state index in [1.807, 2.05) is 0 Å². The summed E-state index contributed by atoms with van der Waals surface area (Å²) in [7, 11) is 2.17. The molecular weight excluding hydrogens is 398 g/mol. The first-order valence-electron chi connectivity index (χ1n) is 11.6. The third-order valence-corrected chi connectivity index (χ3v) is 7.26. The summed E-state index contributed by atoms with van der Waals surface area (Å²) in [5, 5.41) is 2.67. The molecule has 0 saturated carbocycles. The van der Waals surface area contributed by atoms with Crippen LogP contribution in [0.3, 0.4) is 0 Å². The Balaban J connectivity index is 1.48. The van der Waals surface area contributed by atoms with Crippen molar-refractivity contribution in [3.63, 3.8) is 0 Å². The summed E-state index contributed by atoms with van der Waals surface area (Å²) in [6.07, 6.45) is 0. The minimum Gasteiger partial charge on any atom is -0.344 e. The minimum atomic E-state index is -0.0542. The van der Waals surface area contributed by atoms with Crippen LogP contribution in [0.1, 0.15) is 25.0 Å². The highest BCUT2D eigenvalue weighted by Gasteiger charge is 2.37. The Morgan fingerprint density at radius 3 is 2.15 bits per heavy atom. The van der Waals surface area contributed by atoms with Crippen LogP contribution in [-0.4, -0.2) is 7.05 Å². The van der Waals surface area contributed by atoms with Crippen molar-refractivity contribution in [1.29, 1.82) is 0 Å². The molecule has 0 N–H and O–H groups in total. The van der Waals surface area contributed by atoms with Crippen LogP contribution in [0.2, 0.25) is 0 Å². The van der Waals surface area contributed by atoms with Gasteiger partial charge in [0.15, 0.2) is 0 Å². The van der Waals surface area contributed by atoms with Gasteiger partial charge in [0.1, 0.15) is 0 Å². The quantitative estimate of drug-likeness (QED) is 0.280. The Kier molecular flexibility index (Phi) is 4.41. The lowest BCUT2D eigenvalue weighted by molar-refractivity contribution is 0.666. The Labute approximate surface area is 195 Å². The lowest BCUT2D eigenvalue weighted by Crippen LogP contribution is -2.17. The van der Waals surface area contributed by atoms with Gasteiger partial charge in [0.25, 0.3) is 0 Å². The normalized spacial score (nSPS) is 13.5. The molecule has 33 heavy (non-hydrogen) atoms.